The minimum Gasteiger partial charge on any atom is -0.510 e. The van der Waals surface area contributed by atoms with E-state index >= 15 is 0 Å². The monoisotopic (exact) mass is 362 g/mol. The van der Waals surface area contributed by atoms with Gasteiger partial charge >= 0.3 is 0 Å². The Morgan fingerprint density at radius 3 is 2.27 bits per heavy atom. The molecule has 0 aliphatic heterocycles. The number of allylic oxidation sites excluding steroid dienone is 4. The van der Waals surface area contributed by atoms with Crippen LogP contribution in [0.3, 0.4) is 0 Å². The number of carbonyl (C=O) groups excluding carboxylic acids is 3. The van der Waals surface area contributed by atoms with E-state index in [2.05, 4.69) is 0 Å². The first-order chi connectivity index (χ1) is 11.7. The van der Waals surface area contributed by atoms with Gasteiger partial charge in [-0.25, -0.2) is 0 Å². The third-order valence-corrected chi connectivity index (χ3v) is 6.03. The smallest absolute Gasteiger partial charge is 0.183 e. The lowest BCUT2D eigenvalue weighted by molar-refractivity contribution is -0.144. The molecule has 0 spiro atoms. The first kappa shape index (κ1) is 20.6. The Labute approximate surface area is 155 Å². The number of rotatable bonds is 5. The lowest BCUT2D eigenvalue weighted by Crippen LogP contribution is -2.50. The van der Waals surface area contributed by atoms with Gasteiger partial charge in [-0.1, -0.05) is 25.5 Å². The average molecular weight is 362 g/mol. The summed E-state index contributed by atoms with van der Waals surface area (Å²) in [7, 11) is 0. The highest BCUT2D eigenvalue weighted by Crippen LogP contribution is 2.62. The Kier molecular flexibility index (Phi) is 4.87. The molecule has 144 valence electrons. The van der Waals surface area contributed by atoms with Crippen molar-refractivity contribution < 1.29 is 24.6 Å². The fraction of sp³-hybridized carbons (Fsp3) is 0.667. The predicted octanol–water partition coefficient (Wildman–Crippen LogP) is 3.32. The van der Waals surface area contributed by atoms with Gasteiger partial charge in [0.05, 0.1) is 16.4 Å². The Morgan fingerprint density at radius 1 is 1.31 bits per heavy atom. The van der Waals surface area contributed by atoms with Crippen LogP contribution in [0.25, 0.3) is 0 Å². The lowest BCUT2D eigenvalue weighted by Gasteiger charge is -2.39. The lowest BCUT2D eigenvalue weighted by atomic mass is 9.63. The fourth-order valence-electron chi connectivity index (χ4n) is 4.50. The molecule has 0 aromatic carbocycles. The molecule has 0 amide bonds. The van der Waals surface area contributed by atoms with E-state index in [1.54, 1.807) is 34.6 Å². The second kappa shape index (κ2) is 6.15. The fourth-order valence-corrected chi connectivity index (χ4v) is 4.50. The summed E-state index contributed by atoms with van der Waals surface area (Å²) in [5, 5.41) is 21.6. The molecular formula is C21H30O5. The van der Waals surface area contributed by atoms with E-state index in [9.17, 15) is 24.6 Å². The van der Waals surface area contributed by atoms with Crippen LogP contribution in [0.1, 0.15) is 61.3 Å². The molecular weight excluding hydrogens is 332 g/mol. The summed E-state index contributed by atoms with van der Waals surface area (Å²) in [5.74, 6) is -3.05. The number of carbonyl (C=O) groups is 3. The maximum Gasteiger partial charge on any atom is 0.183 e. The van der Waals surface area contributed by atoms with Crippen LogP contribution in [0, 0.1) is 22.7 Å². The average Bonchev–Trinajstić information content (AvgIpc) is 2.71. The zero-order valence-corrected chi connectivity index (χ0v) is 16.8. The molecule has 2 N–H and O–H groups in total. The number of aliphatic hydroxyl groups is 2. The minimum absolute atomic E-state index is 0.118. The summed E-state index contributed by atoms with van der Waals surface area (Å²) in [6.07, 6.45) is 2.12. The van der Waals surface area contributed by atoms with Gasteiger partial charge < -0.3 is 10.2 Å². The van der Waals surface area contributed by atoms with Crippen LogP contribution in [-0.4, -0.2) is 33.2 Å². The highest BCUT2D eigenvalue weighted by atomic mass is 16.3. The van der Waals surface area contributed by atoms with E-state index in [1.165, 1.54) is 0 Å². The van der Waals surface area contributed by atoms with E-state index in [0.717, 1.165) is 5.57 Å². The third-order valence-electron chi connectivity index (χ3n) is 6.03. The van der Waals surface area contributed by atoms with Crippen molar-refractivity contribution in [3.05, 3.63) is 23.0 Å². The van der Waals surface area contributed by atoms with Crippen molar-refractivity contribution in [2.75, 3.05) is 0 Å². The predicted molar refractivity (Wildman–Crippen MR) is 98.5 cm³/mol. The Balaban J connectivity index is 2.80. The van der Waals surface area contributed by atoms with Crippen LogP contribution in [0.15, 0.2) is 23.0 Å². The molecule has 0 aromatic rings. The van der Waals surface area contributed by atoms with Crippen LogP contribution in [-0.2, 0) is 14.4 Å². The topological polar surface area (TPSA) is 91.7 Å². The van der Waals surface area contributed by atoms with Crippen LogP contribution < -0.4 is 0 Å². The van der Waals surface area contributed by atoms with Gasteiger partial charge in [0.25, 0.3) is 0 Å². The molecule has 1 fully saturated rings. The zero-order chi connectivity index (χ0) is 20.2. The number of fused-ring (bicyclic) bond motifs is 2. The molecule has 26 heavy (non-hydrogen) atoms. The van der Waals surface area contributed by atoms with Gasteiger partial charge in [0, 0.05) is 11.8 Å². The van der Waals surface area contributed by atoms with Crippen molar-refractivity contribution in [2.24, 2.45) is 22.7 Å². The minimum atomic E-state index is -1.44. The number of ketones is 3. The molecule has 3 atom stereocenters. The summed E-state index contributed by atoms with van der Waals surface area (Å²) in [6, 6.07) is 0. The van der Waals surface area contributed by atoms with E-state index in [1.807, 2.05) is 19.9 Å². The van der Waals surface area contributed by atoms with Gasteiger partial charge in [0.15, 0.2) is 17.3 Å². The van der Waals surface area contributed by atoms with Gasteiger partial charge in [0.2, 0.25) is 0 Å². The molecule has 0 aromatic heterocycles. The normalized spacial score (nSPS) is 31.7. The van der Waals surface area contributed by atoms with Gasteiger partial charge in [0.1, 0.15) is 11.3 Å². The largest absolute Gasteiger partial charge is 0.510 e. The van der Waals surface area contributed by atoms with Crippen molar-refractivity contribution in [3.8, 4) is 0 Å². The molecule has 5 heteroatoms. The first-order valence-corrected chi connectivity index (χ1v) is 9.14. The Morgan fingerprint density at radius 2 is 1.85 bits per heavy atom. The van der Waals surface area contributed by atoms with Crippen molar-refractivity contribution in [3.63, 3.8) is 0 Å². The van der Waals surface area contributed by atoms with E-state index in [0.29, 0.717) is 0 Å². The summed E-state index contributed by atoms with van der Waals surface area (Å²) >= 11 is 0. The van der Waals surface area contributed by atoms with E-state index in [4.69, 9.17) is 0 Å². The van der Waals surface area contributed by atoms with E-state index in [-0.39, 0.29) is 18.4 Å². The summed E-state index contributed by atoms with van der Waals surface area (Å²) in [6.45, 7) is 11.8. The molecule has 2 aliphatic carbocycles. The second-order valence-electron chi connectivity index (χ2n) is 9.08. The first-order valence-electron chi connectivity index (χ1n) is 9.14. The summed E-state index contributed by atoms with van der Waals surface area (Å²) in [4.78, 5) is 39.4. The molecule has 0 heterocycles. The van der Waals surface area contributed by atoms with Crippen LogP contribution >= 0.6 is 0 Å². The molecule has 2 aliphatic rings. The molecule has 0 saturated heterocycles. The molecule has 2 rings (SSSR count). The molecule has 1 saturated carbocycles. The standard InChI is InChI=1S/C21H30O5/c1-11(2)8-9-21-10-13(19(5,6)26)20(7,18(21)25)16(23)14(17(21)24)15(22)12(3)4/h8,12-13,23,26H,9-10H2,1-7H3/t13-,20?,21?/m1/s1. The van der Waals surface area contributed by atoms with Crippen LogP contribution in [0.4, 0.5) is 0 Å². The summed E-state index contributed by atoms with van der Waals surface area (Å²) in [5.41, 5.74) is -3.42. The van der Waals surface area contributed by atoms with Crippen LogP contribution in [0.2, 0.25) is 0 Å². The number of hydrogen-bond donors (Lipinski definition) is 2. The van der Waals surface area contributed by atoms with Crippen molar-refractivity contribution in [1.29, 1.82) is 0 Å². The van der Waals surface area contributed by atoms with Crippen LogP contribution in [0.5, 0.6) is 0 Å². The summed E-state index contributed by atoms with van der Waals surface area (Å²) < 4.78 is 0. The van der Waals surface area contributed by atoms with Crippen molar-refractivity contribution in [2.45, 2.75) is 66.9 Å². The Hall–Kier alpha value is -1.75. The number of Topliss-reactive ketones (excluding diaryl/α,β-unsaturated/α-hetero) is 3. The van der Waals surface area contributed by atoms with E-state index < -0.39 is 51.4 Å². The van der Waals surface area contributed by atoms with Crippen molar-refractivity contribution in [1.82, 2.24) is 0 Å². The van der Waals surface area contributed by atoms with Gasteiger partial charge in [-0.2, -0.15) is 0 Å². The van der Waals surface area contributed by atoms with Gasteiger partial charge in [-0.05, 0) is 47.5 Å². The van der Waals surface area contributed by atoms with Gasteiger partial charge in [-0.3, -0.25) is 14.4 Å². The van der Waals surface area contributed by atoms with Crippen molar-refractivity contribution >= 4 is 17.3 Å². The second-order valence-corrected chi connectivity index (χ2v) is 9.08. The third kappa shape index (κ3) is 2.68. The number of hydrogen-bond acceptors (Lipinski definition) is 5. The maximum absolute atomic E-state index is 13.4. The highest BCUT2D eigenvalue weighted by molar-refractivity contribution is 6.32. The van der Waals surface area contributed by atoms with Gasteiger partial charge in [-0.15, -0.1) is 0 Å². The Bertz CT molecular complexity index is 730. The highest BCUT2D eigenvalue weighted by Gasteiger charge is 2.71. The SMILES string of the molecule is CC(C)=CCC12C[C@H](C(C)(C)O)C(C)(C1=O)C(O)=C(C(=O)C(C)C)C2=O. The number of aliphatic hydroxyl groups excluding tert-OH is 1. The molecule has 2 unspecified atom stereocenters. The zero-order valence-electron chi connectivity index (χ0n) is 16.8. The molecule has 5 nitrogen and oxygen atoms in total. The molecule has 0 radical (unpaired) electrons. The molecule has 2 bridgehead atoms. The quantitative estimate of drug-likeness (QED) is 0.445. The maximum atomic E-state index is 13.4.